The van der Waals surface area contributed by atoms with Gasteiger partial charge in [0.1, 0.15) is 6.04 Å². The third-order valence-electron chi connectivity index (χ3n) is 5.60. The van der Waals surface area contributed by atoms with E-state index in [4.69, 9.17) is 14.2 Å². The van der Waals surface area contributed by atoms with Gasteiger partial charge in [-0.2, -0.15) is 0 Å². The molecule has 138 valence electrons. The predicted molar refractivity (Wildman–Crippen MR) is 100.0 cm³/mol. The maximum absolute atomic E-state index is 12.5. The first kappa shape index (κ1) is 16.2. The highest BCUT2D eigenvalue weighted by Crippen LogP contribution is 2.43. The molecule has 3 heterocycles. The van der Waals surface area contributed by atoms with Crippen molar-refractivity contribution in [3.8, 4) is 11.5 Å². The van der Waals surface area contributed by atoms with Gasteiger partial charge in [-0.3, -0.25) is 9.69 Å². The van der Waals surface area contributed by atoms with Crippen molar-refractivity contribution < 1.29 is 19.0 Å². The minimum Gasteiger partial charge on any atom is -0.468 e. The van der Waals surface area contributed by atoms with Crippen LogP contribution < -0.4 is 9.47 Å². The number of H-pyrrole nitrogens is 1. The van der Waals surface area contributed by atoms with E-state index >= 15 is 0 Å². The molecule has 2 aliphatic heterocycles. The molecule has 0 spiro atoms. The summed E-state index contributed by atoms with van der Waals surface area (Å²) in [6.07, 6.45) is 0.615. The molecular weight excluding hydrogens is 344 g/mol. The SMILES string of the molecule is COC(=O)[C@@H]1Cc2c([nH]c3ccccc23)[C@H](c2ccc3c(c2)OCO3)N1C. The number of ether oxygens (including phenoxy) is 3. The average molecular weight is 364 g/mol. The highest BCUT2D eigenvalue weighted by molar-refractivity contribution is 5.87. The smallest absolute Gasteiger partial charge is 0.323 e. The van der Waals surface area contributed by atoms with Crippen LogP contribution in [-0.2, 0) is 16.0 Å². The maximum atomic E-state index is 12.5. The molecule has 2 aromatic carbocycles. The van der Waals surface area contributed by atoms with Gasteiger partial charge in [0.2, 0.25) is 6.79 Å². The number of nitrogens with zero attached hydrogens (tertiary/aromatic N) is 1. The molecule has 0 saturated carbocycles. The Labute approximate surface area is 156 Å². The van der Waals surface area contributed by atoms with Crippen molar-refractivity contribution in [2.75, 3.05) is 21.0 Å². The molecule has 27 heavy (non-hydrogen) atoms. The second-order valence-corrected chi connectivity index (χ2v) is 6.99. The van der Waals surface area contributed by atoms with Crippen molar-refractivity contribution in [2.24, 2.45) is 0 Å². The van der Waals surface area contributed by atoms with Crippen molar-refractivity contribution in [1.29, 1.82) is 0 Å². The number of nitrogens with one attached hydrogen (secondary N) is 1. The maximum Gasteiger partial charge on any atom is 0.323 e. The van der Waals surface area contributed by atoms with Gasteiger partial charge in [0, 0.05) is 23.0 Å². The van der Waals surface area contributed by atoms with E-state index in [2.05, 4.69) is 22.0 Å². The number of fused-ring (bicyclic) bond motifs is 4. The highest BCUT2D eigenvalue weighted by Gasteiger charge is 2.39. The van der Waals surface area contributed by atoms with Crippen LogP contribution in [0.25, 0.3) is 10.9 Å². The van der Waals surface area contributed by atoms with E-state index in [9.17, 15) is 4.79 Å². The molecule has 1 aromatic heterocycles. The number of aromatic amines is 1. The molecule has 0 fully saturated rings. The Morgan fingerprint density at radius 1 is 1.19 bits per heavy atom. The first-order chi connectivity index (χ1) is 13.2. The number of para-hydroxylation sites is 1. The zero-order valence-corrected chi connectivity index (χ0v) is 15.2. The summed E-state index contributed by atoms with van der Waals surface area (Å²) in [4.78, 5) is 18.1. The molecule has 0 saturated heterocycles. The molecular formula is C21H20N2O4. The van der Waals surface area contributed by atoms with Gasteiger partial charge < -0.3 is 19.2 Å². The number of esters is 1. The van der Waals surface area contributed by atoms with E-state index in [1.54, 1.807) is 0 Å². The van der Waals surface area contributed by atoms with Crippen LogP contribution in [0.1, 0.15) is 22.9 Å². The number of hydrogen-bond acceptors (Lipinski definition) is 5. The van der Waals surface area contributed by atoms with Crippen molar-refractivity contribution in [3.05, 3.63) is 59.3 Å². The van der Waals surface area contributed by atoms with Crippen molar-refractivity contribution in [2.45, 2.75) is 18.5 Å². The lowest BCUT2D eigenvalue weighted by Gasteiger charge is -2.38. The summed E-state index contributed by atoms with van der Waals surface area (Å²) in [6, 6.07) is 13.7. The van der Waals surface area contributed by atoms with Crippen molar-refractivity contribution >= 4 is 16.9 Å². The van der Waals surface area contributed by atoms with E-state index in [1.165, 1.54) is 12.7 Å². The number of rotatable bonds is 2. The zero-order valence-electron chi connectivity index (χ0n) is 15.2. The van der Waals surface area contributed by atoms with E-state index in [1.807, 2.05) is 37.4 Å². The monoisotopic (exact) mass is 364 g/mol. The molecule has 1 N–H and O–H groups in total. The second-order valence-electron chi connectivity index (χ2n) is 6.99. The Hall–Kier alpha value is -2.99. The fourth-order valence-electron chi connectivity index (χ4n) is 4.27. The Balaban J connectivity index is 1.70. The minimum atomic E-state index is -0.350. The quantitative estimate of drug-likeness (QED) is 0.708. The topological polar surface area (TPSA) is 63.8 Å². The van der Waals surface area contributed by atoms with Gasteiger partial charge in [0.05, 0.1) is 13.2 Å². The third kappa shape index (κ3) is 2.40. The van der Waals surface area contributed by atoms with Crippen molar-refractivity contribution in [3.63, 3.8) is 0 Å². The molecule has 3 aromatic rings. The number of methoxy groups -OCH3 is 1. The third-order valence-corrected chi connectivity index (χ3v) is 5.60. The van der Waals surface area contributed by atoms with Crippen LogP contribution >= 0.6 is 0 Å². The van der Waals surface area contributed by atoms with Gasteiger partial charge in [0.25, 0.3) is 0 Å². The number of carbonyl (C=O) groups is 1. The summed E-state index contributed by atoms with van der Waals surface area (Å²) >= 11 is 0. The standard InChI is InChI=1S/C21H20N2O4/c1-23-16(21(24)25-2)10-14-13-5-3-4-6-15(13)22-19(14)20(23)12-7-8-17-18(9-12)27-11-26-17/h3-9,16,20,22H,10-11H2,1-2H3/t16-,20-/m0/s1. The molecule has 5 rings (SSSR count). The molecule has 6 heteroatoms. The van der Waals surface area contributed by atoms with Gasteiger partial charge in [-0.1, -0.05) is 24.3 Å². The predicted octanol–water partition coefficient (Wildman–Crippen LogP) is 3.02. The number of hydrogen-bond donors (Lipinski definition) is 1. The minimum absolute atomic E-state index is 0.111. The van der Waals surface area contributed by atoms with Crippen LogP contribution in [0.2, 0.25) is 0 Å². The van der Waals surface area contributed by atoms with Gasteiger partial charge in [0.15, 0.2) is 11.5 Å². The van der Waals surface area contributed by atoms with Crippen LogP contribution in [0.4, 0.5) is 0 Å². The number of aromatic nitrogens is 1. The van der Waals surface area contributed by atoms with E-state index in [-0.39, 0.29) is 24.8 Å². The summed E-state index contributed by atoms with van der Waals surface area (Å²) in [7, 11) is 3.40. The second kappa shape index (κ2) is 6.03. The van der Waals surface area contributed by atoms with Crippen LogP contribution in [0.15, 0.2) is 42.5 Å². The van der Waals surface area contributed by atoms with Gasteiger partial charge in [-0.25, -0.2) is 0 Å². The molecule has 0 bridgehead atoms. The first-order valence-corrected chi connectivity index (χ1v) is 8.96. The molecule has 0 amide bonds. The Kier molecular flexibility index (Phi) is 3.62. The lowest BCUT2D eigenvalue weighted by molar-refractivity contribution is -0.147. The number of likely N-dealkylation sites (N-methyl/N-ethyl adjacent to an activating group) is 1. The van der Waals surface area contributed by atoms with Gasteiger partial charge in [-0.15, -0.1) is 0 Å². The Bertz CT molecular complexity index is 1040. The van der Waals surface area contributed by atoms with E-state index in [0.29, 0.717) is 6.42 Å². The van der Waals surface area contributed by atoms with Gasteiger partial charge in [-0.05, 0) is 36.4 Å². The lowest BCUT2D eigenvalue weighted by atomic mass is 9.88. The zero-order chi connectivity index (χ0) is 18.5. The molecule has 0 unspecified atom stereocenters. The highest BCUT2D eigenvalue weighted by atomic mass is 16.7. The molecule has 2 aliphatic rings. The summed E-state index contributed by atoms with van der Waals surface area (Å²) in [5.74, 6) is 1.26. The summed E-state index contributed by atoms with van der Waals surface area (Å²) < 4.78 is 16.1. The fourth-order valence-corrected chi connectivity index (χ4v) is 4.27. The summed E-state index contributed by atoms with van der Waals surface area (Å²) in [5.41, 5.74) is 4.40. The average Bonchev–Trinajstić information content (AvgIpc) is 3.30. The first-order valence-electron chi connectivity index (χ1n) is 8.96. The lowest BCUT2D eigenvalue weighted by Crippen LogP contribution is -2.46. The Morgan fingerprint density at radius 2 is 2.00 bits per heavy atom. The van der Waals surface area contributed by atoms with E-state index in [0.717, 1.165) is 33.7 Å². The van der Waals surface area contributed by atoms with Crippen LogP contribution in [0.3, 0.4) is 0 Å². The van der Waals surface area contributed by atoms with Crippen LogP contribution in [-0.4, -0.2) is 42.8 Å². The number of benzene rings is 2. The molecule has 0 aliphatic carbocycles. The molecule has 2 atom stereocenters. The number of carbonyl (C=O) groups excluding carboxylic acids is 1. The normalized spacial score (nSPS) is 21.3. The van der Waals surface area contributed by atoms with Gasteiger partial charge >= 0.3 is 5.97 Å². The summed E-state index contributed by atoms with van der Waals surface area (Å²) in [6.45, 7) is 0.238. The Morgan fingerprint density at radius 3 is 2.85 bits per heavy atom. The van der Waals surface area contributed by atoms with Crippen LogP contribution in [0.5, 0.6) is 11.5 Å². The largest absolute Gasteiger partial charge is 0.468 e. The molecule has 0 radical (unpaired) electrons. The summed E-state index contributed by atoms with van der Waals surface area (Å²) in [5, 5.41) is 1.15. The van der Waals surface area contributed by atoms with Crippen molar-refractivity contribution in [1.82, 2.24) is 9.88 Å². The molecule has 6 nitrogen and oxygen atoms in total. The van der Waals surface area contributed by atoms with Crippen LogP contribution in [0, 0.1) is 0 Å². The fraction of sp³-hybridized carbons (Fsp3) is 0.286. The van der Waals surface area contributed by atoms with E-state index < -0.39 is 0 Å².